The predicted octanol–water partition coefficient (Wildman–Crippen LogP) is 2.06. The molecule has 0 saturated heterocycles. The molecule has 0 aliphatic heterocycles. The number of hydrogen-bond donors (Lipinski definition) is 2. The van der Waals surface area contributed by atoms with Crippen molar-refractivity contribution in [3.63, 3.8) is 0 Å². The van der Waals surface area contributed by atoms with Gasteiger partial charge in [0.05, 0.1) is 11.5 Å². The molecule has 5 nitrogen and oxygen atoms in total. The molecule has 0 saturated carbocycles. The summed E-state index contributed by atoms with van der Waals surface area (Å²) in [6, 6.07) is 2.22. The molecular weight excluding hydrogens is 295 g/mol. The molecule has 1 aromatic rings. The second-order valence-corrected chi connectivity index (χ2v) is 7.08. The largest absolute Gasteiger partial charge is 0.398 e. The van der Waals surface area contributed by atoms with Gasteiger partial charge in [-0.1, -0.05) is 13.8 Å². The number of nitrogens with one attached hydrogen (secondary N) is 1. The molecule has 0 bridgehead atoms. The molecule has 0 aliphatic rings. The first-order chi connectivity index (χ1) is 9.74. The van der Waals surface area contributed by atoms with E-state index in [-0.39, 0.29) is 29.3 Å². The second kappa shape index (κ2) is 7.72. The zero-order chi connectivity index (χ0) is 16.0. The van der Waals surface area contributed by atoms with Gasteiger partial charge in [0.25, 0.3) is 0 Å². The maximum absolute atomic E-state index is 13.5. The highest BCUT2D eigenvalue weighted by Crippen LogP contribution is 2.20. The third-order valence-corrected chi connectivity index (χ3v) is 4.49. The van der Waals surface area contributed by atoms with Crippen LogP contribution in [-0.2, 0) is 14.8 Å². The molecule has 0 aliphatic carbocycles. The second-order valence-electron chi connectivity index (χ2n) is 5.31. The van der Waals surface area contributed by atoms with E-state index in [9.17, 15) is 12.8 Å². The summed E-state index contributed by atoms with van der Waals surface area (Å²) in [7, 11) is -3.78. The van der Waals surface area contributed by atoms with E-state index in [2.05, 4.69) is 18.6 Å². The molecule has 1 rings (SSSR count). The Hall–Kier alpha value is -1.18. The van der Waals surface area contributed by atoms with Crippen molar-refractivity contribution in [3.8, 4) is 0 Å². The van der Waals surface area contributed by atoms with E-state index in [0.29, 0.717) is 12.5 Å². The van der Waals surface area contributed by atoms with Crippen LogP contribution in [0.15, 0.2) is 17.0 Å². The Morgan fingerprint density at radius 3 is 2.57 bits per heavy atom. The summed E-state index contributed by atoms with van der Waals surface area (Å²) in [4.78, 5) is -0.176. The third-order valence-electron chi connectivity index (χ3n) is 3.05. The van der Waals surface area contributed by atoms with Crippen LogP contribution in [-0.4, -0.2) is 28.2 Å². The molecule has 1 aromatic carbocycles. The molecule has 0 heterocycles. The molecule has 0 aromatic heterocycles. The van der Waals surface area contributed by atoms with Crippen LogP contribution >= 0.6 is 0 Å². The molecule has 21 heavy (non-hydrogen) atoms. The number of anilines is 1. The maximum Gasteiger partial charge on any atom is 0.240 e. The highest BCUT2D eigenvalue weighted by molar-refractivity contribution is 7.89. The van der Waals surface area contributed by atoms with Crippen LogP contribution in [0.25, 0.3) is 0 Å². The number of rotatable bonds is 8. The third kappa shape index (κ3) is 5.61. The number of ether oxygens (including phenoxy) is 1. The zero-order valence-electron chi connectivity index (χ0n) is 12.6. The number of nitrogen functional groups attached to an aromatic ring is 1. The average Bonchev–Trinajstić information content (AvgIpc) is 2.39. The van der Waals surface area contributed by atoms with Crippen LogP contribution in [0.2, 0.25) is 0 Å². The van der Waals surface area contributed by atoms with Crippen LogP contribution in [0, 0.1) is 18.7 Å². The van der Waals surface area contributed by atoms with Gasteiger partial charge < -0.3 is 10.5 Å². The van der Waals surface area contributed by atoms with Gasteiger partial charge in [-0.15, -0.1) is 0 Å². The monoisotopic (exact) mass is 318 g/mol. The maximum atomic E-state index is 13.5. The first-order valence-electron chi connectivity index (χ1n) is 6.87. The van der Waals surface area contributed by atoms with Crippen molar-refractivity contribution in [1.82, 2.24) is 4.72 Å². The lowest BCUT2D eigenvalue weighted by molar-refractivity contribution is 0.128. The van der Waals surface area contributed by atoms with Gasteiger partial charge in [0.1, 0.15) is 5.82 Å². The SMILES string of the molecule is Cc1c(N)cc(S(=O)(=O)NCCOCCC(C)C)cc1F. The fourth-order valence-electron chi connectivity index (χ4n) is 1.58. The van der Waals surface area contributed by atoms with Crippen molar-refractivity contribution in [1.29, 1.82) is 0 Å². The van der Waals surface area contributed by atoms with Crippen LogP contribution in [0.3, 0.4) is 0 Å². The Kier molecular flexibility index (Phi) is 6.57. The van der Waals surface area contributed by atoms with Crippen LogP contribution in [0.4, 0.5) is 10.1 Å². The van der Waals surface area contributed by atoms with E-state index in [4.69, 9.17) is 10.5 Å². The predicted molar refractivity (Wildman–Crippen MR) is 81.0 cm³/mol. The van der Waals surface area contributed by atoms with Crippen molar-refractivity contribution >= 4 is 15.7 Å². The number of sulfonamides is 1. The molecule has 7 heteroatoms. The molecule has 0 amide bonds. The minimum atomic E-state index is -3.78. The Balaban J connectivity index is 2.54. The summed E-state index contributed by atoms with van der Waals surface area (Å²) in [6.07, 6.45) is 0.923. The van der Waals surface area contributed by atoms with Crippen molar-refractivity contribution in [2.24, 2.45) is 5.92 Å². The lowest BCUT2D eigenvalue weighted by Crippen LogP contribution is -2.28. The fraction of sp³-hybridized carbons (Fsp3) is 0.571. The average molecular weight is 318 g/mol. The lowest BCUT2D eigenvalue weighted by Gasteiger charge is -2.10. The fourth-order valence-corrected chi connectivity index (χ4v) is 2.64. The zero-order valence-corrected chi connectivity index (χ0v) is 13.5. The van der Waals surface area contributed by atoms with Gasteiger partial charge >= 0.3 is 0 Å². The minimum absolute atomic E-state index is 0.114. The highest BCUT2D eigenvalue weighted by atomic mass is 32.2. The van der Waals surface area contributed by atoms with Crippen molar-refractivity contribution in [3.05, 3.63) is 23.5 Å². The first-order valence-corrected chi connectivity index (χ1v) is 8.35. The van der Waals surface area contributed by atoms with Gasteiger partial charge in [0, 0.05) is 24.4 Å². The van der Waals surface area contributed by atoms with Crippen LogP contribution in [0.5, 0.6) is 0 Å². The van der Waals surface area contributed by atoms with Gasteiger partial charge in [0.15, 0.2) is 0 Å². The minimum Gasteiger partial charge on any atom is -0.398 e. The molecule has 0 fully saturated rings. The highest BCUT2D eigenvalue weighted by Gasteiger charge is 2.16. The number of hydrogen-bond acceptors (Lipinski definition) is 4. The van der Waals surface area contributed by atoms with Crippen molar-refractivity contribution < 1.29 is 17.5 Å². The number of nitrogens with two attached hydrogens (primary N) is 1. The normalized spacial score (nSPS) is 12.0. The molecule has 0 spiro atoms. The van der Waals surface area contributed by atoms with Crippen molar-refractivity contribution in [2.45, 2.75) is 32.1 Å². The van der Waals surface area contributed by atoms with Crippen LogP contribution in [0.1, 0.15) is 25.8 Å². The Bertz CT molecular complexity index is 551. The topological polar surface area (TPSA) is 81.4 Å². The van der Waals surface area contributed by atoms with Gasteiger partial charge in [-0.3, -0.25) is 0 Å². The van der Waals surface area contributed by atoms with Gasteiger partial charge in [-0.25, -0.2) is 17.5 Å². The molecule has 120 valence electrons. The summed E-state index contributed by atoms with van der Waals surface area (Å²) < 4.78 is 45.2. The van der Waals surface area contributed by atoms with E-state index in [1.54, 1.807) is 0 Å². The molecule has 0 atom stereocenters. The van der Waals surface area contributed by atoms with E-state index in [1.165, 1.54) is 13.0 Å². The summed E-state index contributed by atoms with van der Waals surface area (Å²) in [5, 5.41) is 0. The standard InChI is InChI=1S/C14H23FN2O3S/c1-10(2)4-6-20-7-5-17-21(18,19)12-8-13(15)11(3)14(16)9-12/h8-10,17H,4-7,16H2,1-3H3. The quantitative estimate of drug-likeness (QED) is 0.568. The van der Waals surface area contributed by atoms with Crippen molar-refractivity contribution in [2.75, 3.05) is 25.5 Å². The molecular formula is C14H23FN2O3S. The van der Waals surface area contributed by atoms with E-state index < -0.39 is 15.8 Å². The summed E-state index contributed by atoms with van der Waals surface area (Å²) >= 11 is 0. The Morgan fingerprint density at radius 1 is 1.33 bits per heavy atom. The Morgan fingerprint density at radius 2 is 2.00 bits per heavy atom. The van der Waals surface area contributed by atoms with Gasteiger partial charge in [0.2, 0.25) is 10.0 Å². The summed E-state index contributed by atoms with van der Waals surface area (Å²) in [5.41, 5.74) is 5.94. The smallest absolute Gasteiger partial charge is 0.240 e. The molecule has 3 N–H and O–H groups in total. The number of halogens is 1. The van der Waals surface area contributed by atoms with Crippen LogP contribution < -0.4 is 10.5 Å². The molecule has 0 unspecified atom stereocenters. The first kappa shape index (κ1) is 17.9. The van der Waals surface area contributed by atoms with Gasteiger partial charge in [-0.05, 0) is 31.4 Å². The van der Waals surface area contributed by atoms with E-state index in [0.717, 1.165) is 12.5 Å². The van der Waals surface area contributed by atoms with E-state index >= 15 is 0 Å². The summed E-state index contributed by atoms with van der Waals surface area (Å²) in [5.74, 6) is -0.0937. The number of benzene rings is 1. The van der Waals surface area contributed by atoms with Gasteiger partial charge in [-0.2, -0.15) is 0 Å². The Labute approximate surface area is 125 Å². The lowest BCUT2D eigenvalue weighted by atomic mass is 10.1. The molecule has 0 radical (unpaired) electrons. The van der Waals surface area contributed by atoms with E-state index in [1.807, 2.05) is 0 Å². The summed E-state index contributed by atoms with van der Waals surface area (Å²) in [6.45, 7) is 6.67.